The number of hydrogen-bond donors (Lipinski definition) is 3. The predicted molar refractivity (Wildman–Crippen MR) is 109 cm³/mol. The second-order valence-electron chi connectivity index (χ2n) is 5.59. The van der Waals surface area contributed by atoms with Gasteiger partial charge in [-0.3, -0.25) is 0 Å². The fourth-order valence-electron chi connectivity index (χ4n) is 2.39. The van der Waals surface area contributed by atoms with Crippen LogP contribution in [0.2, 0.25) is 5.02 Å². The molecule has 10 nitrogen and oxygen atoms in total. The highest BCUT2D eigenvalue weighted by Crippen LogP contribution is 2.35. The normalized spacial score (nSPS) is 11.9. The van der Waals surface area contributed by atoms with Gasteiger partial charge in [0, 0.05) is 12.7 Å². The van der Waals surface area contributed by atoms with Crippen molar-refractivity contribution in [2.75, 3.05) is 23.5 Å². The van der Waals surface area contributed by atoms with E-state index in [0.29, 0.717) is 33.0 Å². The Bertz CT molecular complexity index is 999. The van der Waals surface area contributed by atoms with E-state index in [4.69, 9.17) is 22.1 Å². The van der Waals surface area contributed by atoms with Gasteiger partial charge in [0.05, 0.1) is 51.8 Å². The van der Waals surface area contributed by atoms with Crippen molar-refractivity contribution < 1.29 is 9.53 Å². The number of urea groups is 1. The number of methoxy groups -OCH3 is 1. The van der Waals surface area contributed by atoms with E-state index in [0.717, 1.165) is 0 Å². The molecule has 3 aromatic rings. The summed E-state index contributed by atoms with van der Waals surface area (Å²) in [5, 5.41) is 13.6. The molecule has 0 spiro atoms. The molecule has 28 heavy (non-hydrogen) atoms. The smallest absolute Gasteiger partial charge is 0.323 e. The highest BCUT2D eigenvalue weighted by Gasteiger charge is 2.19. The minimum absolute atomic E-state index is 0.277. The summed E-state index contributed by atoms with van der Waals surface area (Å²) in [4.78, 5) is 21.9. The average Bonchev–Trinajstić information content (AvgIpc) is 3.19. The molecule has 4 N–H and O–H groups in total. The SMILES string of the molecule is CO[C@H](C)c1c(NC(=O)Nc2cnc(-n3nccn3)c(Cl)c2)cnc(N)c1Br. The monoisotopic (exact) mass is 466 g/mol. The van der Waals surface area contributed by atoms with Gasteiger partial charge in [0.1, 0.15) is 5.82 Å². The van der Waals surface area contributed by atoms with Crippen LogP contribution in [0.15, 0.2) is 35.3 Å². The molecule has 0 fully saturated rings. The van der Waals surface area contributed by atoms with Gasteiger partial charge in [0.25, 0.3) is 0 Å². The number of carbonyl (C=O) groups excluding carboxylic acids is 1. The first-order chi connectivity index (χ1) is 13.4. The minimum atomic E-state index is -0.508. The van der Waals surface area contributed by atoms with Crippen LogP contribution in [-0.4, -0.2) is 38.1 Å². The third-order valence-corrected chi connectivity index (χ3v) is 4.89. The summed E-state index contributed by atoms with van der Waals surface area (Å²) in [5.74, 6) is 0.643. The van der Waals surface area contributed by atoms with E-state index in [1.807, 2.05) is 6.92 Å². The average molecular weight is 468 g/mol. The van der Waals surface area contributed by atoms with Gasteiger partial charge in [-0.1, -0.05) is 11.6 Å². The number of ether oxygens (including phenoxy) is 1. The van der Waals surface area contributed by atoms with Crippen LogP contribution in [0.25, 0.3) is 5.82 Å². The molecular weight excluding hydrogens is 452 g/mol. The Hall–Kier alpha value is -2.76. The summed E-state index contributed by atoms with van der Waals surface area (Å²) in [6, 6.07) is 1.04. The molecule has 0 aliphatic rings. The number of halogens is 2. The molecule has 0 aliphatic heterocycles. The van der Waals surface area contributed by atoms with Crippen molar-refractivity contribution in [3.8, 4) is 5.82 Å². The maximum Gasteiger partial charge on any atom is 0.323 e. The summed E-state index contributed by atoms with van der Waals surface area (Å²) in [7, 11) is 1.56. The van der Waals surface area contributed by atoms with Crippen LogP contribution < -0.4 is 16.4 Å². The number of anilines is 3. The Morgan fingerprint density at radius 2 is 2.00 bits per heavy atom. The molecule has 2 amide bonds. The fraction of sp³-hybridized carbons (Fsp3) is 0.188. The molecule has 3 rings (SSSR count). The van der Waals surface area contributed by atoms with Gasteiger partial charge in [-0.15, -0.1) is 4.80 Å². The lowest BCUT2D eigenvalue weighted by atomic mass is 10.1. The van der Waals surface area contributed by atoms with E-state index in [9.17, 15) is 4.79 Å². The Kier molecular flexibility index (Phi) is 6.07. The predicted octanol–water partition coefficient (Wildman–Crippen LogP) is 3.41. The zero-order valence-corrected chi connectivity index (χ0v) is 17.2. The third kappa shape index (κ3) is 4.21. The Labute approximate surface area is 173 Å². The molecule has 1 atom stereocenters. The van der Waals surface area contributed by atoms with Gasteiger partial charge in [-0.05, 0) is 28.9 Å². The number of rotatable bonds is 5. The Balaban J connectivity index is 1.78. The number of nitrogens with one attached hydrogen (secondary N) is 2. The number of nitrogens with zero attached hydrogens (tertiary/aromatic N) is 5. The van der Waals surface area contributed by atoms with Crippen LogP contribution in [0.3, 0.4) is 0 Å². The lowest BCUT2D eigenvalue weighted by Crippen LogP contribution is -2.21. The summed E-state index contributed by atoms with van der Waals surface area (Å²) in [6.45, 7) is 1.83. The van der Waals surface area contributed by atoms with Gasteiger partial charge in [0.2, 0.25) is 0 Å². The molecule has 0 saturated heterocycles. The minimum Gasteiger partial charge on any atom is -0.383 e. The summed E-state index contributed by atoms with van der Waals surface area (Å²) in [6.07, 6.45) is 5.60. The number of pyridine rings is 2. The highest BCUT2D eigenvalue weighted by molar-refractivity contribution is 9.10. The first-order valence-corrected chi connectivity index (χ1v) is 9.14. The fourth-order valence-corrected chi connectivity index (χ4v) is 3.27. The molecule has 0 aromatic carbocycles. The zero-order chi connectivity index (χ0) is 20.3. The van der Waals surface area contributed by atoms with Crippen molar-refractivity contribution in [1.82, 2.24) is 25.0 Å². The second kappa shape index (κ2) is 8.50. The zero-order valence-electron chi connectivity index (χ0n) is 14.8. The number of hydrogen-bond acceptors (Lipinski definition) is 7. The van der Waals surface area contributed by atoms with Crippen molar-refractivity contribution in [1.29, 1.82) is 0 Å². The van der Waals surface area contributed by atoms with E-state index in [2.05, 4.69) is 46.7 Å². The molecule has 0 bridgehead atoms. The van der Waals surface area contributed by atoms with Crippen molar-refractivity contribution in [2.24, 2.45) is 0 Å². The van der Waals surface area contributed by atoms with E-state index < -0.39 is 6.03 Å². The van der Waals surface area contributed by atoms with E-state index >= 15 is 0 Å². The van der Waals surface area contributed by atoms with Crippen LogP contribution in [0.5, 0.6) is 0 Å². The quantitative estimate of drug-likeness (QED) is 0.523. The lowest BCUT2D eigenvalue weighted by Gasteiger charge is -2.18. The second-order valence-corrected chi connectivity index (χ2v) is 6.79. The van der Waals surface area contributed by atoms with Gasteiger partial charge in [-0.2, -0.15) is 10.2 Å². The molecule has 12 heteroatoms. The van der Waals surface area contributed by atoms with Gasteiger partial charge >= 0.3 is 6.03 Å². The van der Waals surface area contributed by atoms with Crippen molar-refractivity contribution in [3.05, 3.63) is 45.9 Å². The van der Waals surface area contributed by atoms with Gasteiger partial charge in [-0.25, -0.2) is 14.8 Å². The van der Waals surface area contributed by atoms with Gasteiger partial charge < -0.3 is 21.1 Å². The number of amides is 2. The first-order valence-electron chi connectivity index (χ1n) is 7.97. The molecule has 3 heterocycles. The number of carbonyl (C=O) groups is 1. The first kappa shape index (κ1) is 20.0. The summed E-state index contributed by atoms with van der Waals surface area (Å²) < 4.78 is 5.91. The molecule has 0 unspecified atom stereocenters. The standard InChI is InChI=1S/C16H16BrClN8O2/c1-8(28-2)12-11(7-20-14(19)13(12)17)25-16(27)24-9-5-10(18)15(21-6-9)26-22-3-4-23-26/h3-8H,1-2H3,(H2,19,20)(H2,24,25,27)/t8-/m1/s1. The summed E-state index contributed by atoms with van der Waals surface area (Å²) >= 11 is 9.59. The number of nitrogen functional groups attached to an aromatic ring is 1. The van der Waals surface area contributed by atoms with Gasteiger partial charge in [0.15, 0.2) is 5.82 Å². The van der Waals surface area contributed by atoms with E-state index in [1.54, 1.807) is 13.2 Å². The van der Waals surface area contributed by atoms with E-state index in [1.165, 1.54) is 29.6 Å². The Morgan fingerprint density at radius 1 is 1.29 bits per heavy atom. The molecule has 0 aliphatic carbocycles. The van der Waals surface area contributed by atoms with Crippen molar-refractivity contribution in [2.45, 2.75) is 13.0 Å². The van der Waals surface area contributed by atoms with Crippen molar-refractivity contribution in [3.63, 3.8) is 0 Å². The molecule has 3 aromatic heterocycles. The molecule has 0 saturated carbocycles. The van der Waals surface area contributed by atoms with Crippen molar-refractivity contribution >= 4 is 50.8 Å². The van der Waals surface area contributed by atoms with Crippen LogP contribution in [-0.2, 0) is 4.74 Å². The number of nitrogens with two attached hydrogens (primary N) is 1. The van der Waals surface area contributed by atoms with Crippen LogP contribution in [0.1, 0.15) is 18.6 Å². The molecule has 0 radical (unpaired) electrons. The molecule has 146 valence electrons. The number of aromatic nitrogens is 5. The van der Waals surface area contributed by atoms with Crippen LogP contribution >= 0.6 is 27.5 Å². The van der Waals surface area contributed by atoms with Crippen LogP contribution in [0.4, 0.5) is 22.0 Å². The molecular formula is C16H16BrClN8O2. The third-order valence-electron chi connectivity index (χ3n) is 3.78. The van der Waals surface area contributed by atoms with Crippen LogP contribution in [0, 0.1) is 0 Å². The summed E-state index contributed by atoms with van der Waals surface area (Å²) in [5.41, 5.74) is 7.34. The topological polar surface area (TPSA) is 133 Å². The highest BCUT2D eigenvalue weighted by atomic mass is 79.9. The lowest BCUT2D eigenvalue weighted by molar-refractivity contribution is 0.119. The largest absolute Gasteiger partial charge is 0.383 e. The van der Waals surface area contributed by atoms with E-state index in [-0.39, 0.29) is 11.1 Å². The Morgan fingerprint density at radius 3 is 2.64 bits per heavy atom. The maximum atomic E-state index is 12.4. The maximum absolute atomic E-state index is 12.4.